The zero-order valence-electron chi connectivity index (χ0n) is 21.0. The van der Waals surface area contributed by atoms with Gasteiger partial charge in [0.25, 0.3) is 0 Å². The van der Waals surface area contributed by atoms with Crippen molar-refractivity contribution in [2.24, 2.45) is 11.8 Å². The molecule has 0 radical (unpaired) electrons. The van der Waals surface area contributed by atoms with Crippen LogP contribution >= 0.6 is 0 Å². The van der Waals surface area contributed by atoms with E-state index in [1.807, 2.05) is 0 Å². The second-order valence-electron chi connectivity index (χ2n) is 8.99. The van der Waals surface area contributed by atoms with Crippen LogP contribution in [0.3, 0.4) is 0 Å². The summed E-state index contributed by atoms with van der Waals surface area (Å²) >= 11 is 0. The zero-order chi connectivity index (χ0) is 25.1. The molecule has 1 aliphatic heterocycles. The Hall–Kier alpha value is -2.23. The number of nitrogens with zero attached hydrogens (tertiary/aromatic N) is 1. The molecule has 0 aromatic carbocycles. The Morgan fingerprint density at radius 3 is 2.76 bits per heavy atom. The van der Waals surface area contributed by atoms with Crippen molar-refractivity contribution >= 4 is 11.8 Å². The lowest BCUT2D eigenvalue weighted by atomic mass is 9.99. The third-order valence-electron chi connectivity index (χ3n) is 5.59. The van der Waals surface area contributed by atoms with Crippen LogP contribution in [0.4, 0.5) is 0 Å². The number of carbonyl (C=O) groups is 2. The molecule has 9 heteroatoms. The van der Waals surface area contributed by atoms with E-state index in [0.717, 1.165) is 12.8 Å². The van der Waals surface area contributed by atoms with E-state index in [0.29, 0.717) is 32.2 Å². The lowest BCUT2D eigenvalue weighted by molar-refractivity contribution is -0.179. The van der Waals surface area contributed by atoms with Crippen molar-refractivity contribution in [2.75, 3.05) is 33.5 Å². The monoisotopic (exact) mass is 481 g/mol. The van der Waals surface area contributed by atoms with Gasteiger partial charge in [0.2, 0.25) is 0 Å². The largest absolute Gasteiger partial charge is 0.503 e. The Kier molecular flexibility index (Phi) is 11.7. The summed E-state index contributed by atoms with van der Waals surface area (Å²) in [7, 11) is 1.38. The van der Waals surface area contributed by atoms with Crippen LogP contribution in [0.25, 0.3) is 0 Å². The minimum Gasteiger partial charge on any atom is -0.503 e. The molecule has 2 heterocycles. The summed E-state index contributed by atoms with van der Waals surface area (Å²) < 4.78 is 28.8. The van der Waals surface area contributed by atoms with E-state index >= 15 is 0 Å². The third-order valence-corrected chi connectivity index (χ3v) is 5.59. The smallest absolute Gasteiger partial charge is 0.312 e. The van der Waals surface area contributed by atoms with E-state index in [2.05, 4.69) is 25.8 Å². The molecule has 0 spiro atoms. The first-order chi connectivity index (χ1) is 16.3. The standard InChI is InChI=1S/C25H39NO8/c1-6-7-11-32-21-9-12-31-15-18(25(29)34-17(4)24(21)33-14-16(2)3)13-19(27)22-23(28)20(30-5)8-10-26-22/h8,10,16-18,21,24,28H,6-7,9,11-15H2,1-5H3/t17-,18-,21-,24-/m0/s1. The van der Waals surface area contributed by atoms with Gasteiger partial charge in [-0.25, -0.2) is 4.98 Å². The van der Waals surface area contributed by atoms with Gasteiger partial charge in [-0.3, -0.25) is 9.59 Å². The van der Waals surface area contributed by atoms with Gasteiger partial charge in [-0.15, -0.1) is 0 Å². The van der Waals surface area contributed by atoms with Crippen molar-refractivity contribution in [3.05, 3.63) is 18.0 Å². The first-order valence-electron chi connectivity index (χ1n) is 12.0. The predicted molar refractivity (Wildman–Crippen MR) is 125 cm³/mol. The number of esters is 1. The Labute approximate surface area is 202 Å². The molecule has 0 unspecified atom stereocenters. The molecule has 1 saturated heterocycles. The molecule has 0 aliphatic carbocycles. The van der Waals surface area contributed by atoms with E-state index in [-0.39, 0.29) is 36.3 Å². The summed E-state index contributed by atoms with van der Waals surface area (Å²) in [6.07, 6.45) is 2.37. The van der Waals surface area contributed by atoms with Gasteiger partial charge in [-0.2, -0.15) is 0 Å². The minimum atomic E-state index is -0.842. The molecule has 1 N–H and O–H groups in total. The van der Waals surface area contributed by atoms with Crippen molar-refractivity contribution in [1.82, 2.24) is 4.98 Å². The van der Waals surface area contributed by atoms with Gasteiger partial charge in [-0.1, -0.05) is 27.2 Å². The molecule has 1 aliphatic rings. The maximum absolute atomic E-state index is 13.0. The van der Waals surface area contributed by atoms with Gasteiger partial charge >= 0.3 is 5.97 Å². The number of Topliss-reactive ketones (excluding diaryl/α,β-unsaturated/α-hetero) is 1. The van der Waals surface area contributed by atoms with Crippen LogP contribution in [0.1, 0.15) is 63.9 Å². The van der Waals surface area contributed by atoms with E-state index in [1.54, 1.807) is 6.92 Å². The third kappa shape index (κ3) is 8.21. The highest BCUT2D eigenvalue weighted by Crippen LogP contribution is 2.29. The fraction of sp³-hybridized carbons (Fsp3) is 0.720. The lowest BCUT2D eigenvalue weighted by Gasteiger charge is -2.34. The maximum atomic E-state index is 13.0. The Bertz CT molecular complexity index is 784. The average molecular weight is 482 g/mol. The number of rotatable bonds is 11. The van der Waals surface area contributed by atoms with Crippen LogP contribution < -0.4 is 4.74 Å². The molecule has 1 aromatic heterocycles. The number of methoxy groups -OCH3 is 1. The molecule has 4 atom stereocenters. The van der Waals surface area contributed by atoms with Crippen molar-refractivity contribution in [3.63, 3.8) is 0 Å². The molecule has 0 bridgehead atoms. The summed E-state index contributed by atoms with van der Waals surface area (Å²) in [6, 6.07) is 1.45. The SMILES string of the molecule is CCCCO[C@H]1CCOC[C@H](CC(=O)c2nccc(OC)c2O)C(=O)O[C@@H](C)[C@@H]1OCC(C)C. The van der Waals surface area contributed by atoms with Crippen LogP contribution in [-0.4, -0.2) is 73.7 Å². The molecule has 9 nitrogen and oxygen atoms in total. The van der Waals surface area contributed by atoms with Crippen LogP contribution in [0.15, 0.2) is 12.3 Å². The molecule has 34 heavy (non-hydrogen) atoms. The fourth-order valence-corrected chi connectivity index (χ4v) is 3.68. The number of aromatic hydroxyl groups is 1. The van der Waals surface area contributed by atoms with Gasteiger partial charge in [0, 0.05) is 38.5 Å². The number of cyclic esters (lactones) is 1. The highest BCUT2D eigenvalue weighted by atomic mass is 16.6. The van der Waals surface area contributed by atoms with Gasteiger partial charge in [0.1, 0.15) is 12.2 Å². The number of aromatic nitrogens is 1. The normalized spacial score (nSPS) is 24.0. The number of carbonyl (C=O) groups excluding carboxylic acids is 2. The van der Waals surface area contributed by atoms with Crippen molar-refractivity contribution in [2.45, 2.75) is 71.7 Å². The van der Waals surface area contributed by atoms with E-state index in [4.69, 9.17) is 23.7 Å². The quantitative estimate of drug-likeness (QED) is 0.288. The van der Waals surface area contributed by atoms with Crippen LogP contribution in [0.2, 0.25) is 0 Å². The molecule has 0 amide bonds. The number of pyridine rings is 1. The summed E-state index contributed by atoms with van der Waals surface area (Å²) in [5.41, 5.74) is -0.153. The van der Waals surface area contributed by atoms with Crippen LogP contribution in [0, 0.1) is 11.8 Å². The summed E-state index contributed by atoms with van der Waals surface area (Å²) in [5.74, 6) is -1.82. The number of hydrogen-bond acceptors (Lipinski definition) is 9. The lowest BCUT2D eigenvalue weighted by Crippen LogP contribution is -2.45. The second kappa shape index (κ2) is 14.2. The first kappa shape index (κ1) is 28.0. The van der Waals surface area contributed by atoms with E-state index in [9.17, 15) is 14.7 Å². The van der Waals surface area contributed by atoms with Gasteiger partial charge < -0.3 is 28.8 Å². The second-order valence-corrected chi connectivity index (χ2v) is 8.99. The first-order valence-corrected chi connectivity index (χ1v) is 12.0. The number of unbranched alkanes of at least 4 members (excludes halogenated alkanes) is 1. The zero-order valence-corrected chi connectivity index (χ0v) is 21.0. The van der Waals surface area contributed by atoms with Gasteiger partial charge in [0.15, 0.2) is 23.0 Å². The van der Waals surface area contributed by atoms with Gasteiger partial charge in [-0.05, 0) is 25.7 Å². The maximum Gasteiger partial charge on any atom is 0.312 e. The fourth-order valence-electron chi connectivity index (χ4n) is 3.68. The molecular weight excluding hydrogens is 442 g/mol. The van der Waals surface area contributed by atoms with E-state index < -0.39 is 29.9 Å². The van der Waals surface area contributed by atoms with Crippen LogP contribution in [0.5, 0.6) is 11.5 Å². The Morgan fingerprint density at radius 2 is 2.09 bits per heavy atom. The summed E-state index contributed by atoms with van der Waals surface area (Å²) in [6.45, 7) is 9.45. The van der Waals surface area contributed by atoms with Crippen molar-refractivity contribution < 1.29 is 38.4 Å². The number of hydrogen-bond donors (Lipinski definition) is 1. The van der Waals surface area contributed by atoms with Crippen molar-refractivity contribution in [3.8, 4) is 11.5 Å². The predicted octanol–water partition coefficient (Wildman–Crippen LogP) is 3.56. The highest BCUT2D eigenvalue weighted by molar-refractivity contribution is 5.99. The Balaban J connectivity index is 2.15. The van der Waals surface area contributed by atoms with Crippen LogP contribution in [-0.2, 0) is 23.7 Å². The summed E-state index contributed by atoms with van der Waals surface area (Å²) in [5, 5.41) is 10.2. The molecule has 192 valence electrons. The molecule has 0 saturated carbocycles. The van der Waals surface area contributed by atoms with Gasteiger partial charge in [0.05, 0.1) is 25.7 Å². The molecule has 2 rings (SSSR count). The average Bonchev–Trinajstić information content (AvgIpc) is 2.79. The Morgan fingerprint density at radius 1 is 1.32 bits per heavy atom. The summed E-state index contributed by atoms with van der Waals surface area (Å²) in [4.78, 5) is 29.8. The minimum absolute atomic E-state index is 0.0151. The highest BCUT2D eigenvalue weighted by Gasteiger charge is 2.35. The molecule has 1 fully saturated rings. The van der Waals surface area contributed by atoms with E-state index in [1.165, 1.54) is 19.4 Å². The number of ketones is 1. The number of ether oxygens (including phenoxy) is 5. The molecular formula is C25H39NO8. The van der Waals surface area contributed by atoms with Crippen molar-refractivity contribution in [1.29, 1.82) is 0 Å². The molecule has 1 aromatic rings. The topological polar surface area (TPSA) is 113 Å².